The monoisotopic (exact) mass is 335 g/mol. The van der Waals surface area contributed by atoms with Crippen LogP contribution in [0.2, 0.25) is 0 Å². The van der Waals surface area contributed by atoms with E-state index in [2.05, 4.69) is 12.2 Å². The van der Waals surface area contributed by atoms with E-state index < -0.39 is 5.54 Å². The van der Waals surface area contributed by atoms with Gasteiger partial charge in [0.15, 0.2) is 0 Å². The van der Waals surface area contributed by atoms with E-state index in [4.69, 9.17) is 0 Å². The molecule has 0 radical (unpaired) electrons. The van der Waals surface area contributed by atoms with Crippen LogP contribution in [0, 0.1) is 0 Å². The van der Waals surface area contributed by atoms with E-state index in [0.717, 1.165) is 62.8 Å². The zero-order valence-electron chi connectivity index (χ0n) is 14.7. The largest absolute Gasteiger partial charge is 0.338 e. The number of nitrogens with zero attached hydrogens (tertiary/aromatic N) is 2. The summed E-state index contributed by atoms with van der Waals surface area (Å²) in [6.45, 7) is 2.72. The topological polar surface area (TPSA) is 69.7 Å². The lowest BCUT2D eigenvalue weighted by Crippen LogP contribution is -2.50. The van der Waals surface area contributed by atoms with Crippen LogP contribution < -0.4 is 5.32 Å². The van der Waals surface area contributed by atoms with Gasteiger partial charge in [-0.2, -0.15) is 0 Å². The highest BCUT2D eigenvalue weighted by atomic mass is 16.2. The fraction of sp³-hybridized carbons (Fsp3) is 0.833. The second-order valence-corrected chi connectivity index (χ2v) is 7.46. The Kier molecular flexibility index (Phi) is 5.11. The second-order valence-electron chi connectivity index (χ2n) is 7.46. The molecule has 1 spiro atoms. The van der Waals surface area contributed by atoms with E-state index in [1.165, 1.54) is 0 Å². The Bertz CT molecular complexity index is 512. The molecule has 0 aromatic carbocycles. The summed E-state index contributed by atoms with van der Waals surface area (Å²) >= 11 is 0. The molecule has 134 valence electrons. The van der Waals surface area contributed by atoms with Gasteiger partial charge in [-0.3, -0.25) is 14.5 Å². The Morgan fingerprint density at radius 1 is 1.12 bits per heavy atom. The fourth-order valence-corrected chi connectivity index (χ4v) is 4.47. The highest BCUT2D eigenvalue weighted by molar-refractivity contribution is 6.09. The number of piperidine rings is 1. The van der Waals surface area contributed by atoms with Gasteiger partial charge in [-0.05, 0) is 38.5 Å². The van der Waals surface area contributed by atoms with Crippen LogP contribution in [0.5, 0.6) is 0 Å². The van der Waals surface area contributed by atoms with Crippen LogP contribution in [-0.4, -0.2) is 52.3 Å². The zero-order valence-corrected chi connectivity index (χ0v) is 14.7. The van der Waals surface area contributed by atoms with Crippen molar-refractivity contribution in [3.8, 4) is 0 Å². The van der Waals surface area contributed by atoms with Crippen LogP contribution in [0.15, 0.2) is 0 Å². The molecule has 1 aliphatic carbocycles. The predicted molar refractivity (Wildman–Crippen MR) is 90.3 cm³/mol. The van der Waals surface area contributed by atoms with Crippen LogP contribution in [0.1, 0.15) is 71.1 Å². The Balaban J connectivity index is 1.69. The number of nitrogens with one attached hydrogen (secondary N) is 1. The predicted octanol–water partition coefficient (Wildman–Crippen LogP) is 2.42. The van der Waals surface area contributed by atoms with Crippen LogP contribution in [-0.2, 0) is 9.59 Å². The van der Waals surface area contributed by atoms with Crippen LogP contribution in [0.25, 0.3) is 0 Å². The molecule has 2 aliphatic heterocycles. The number of carbonyl (C=O) groups excluding carboxylic acids is 3. The molecule has 1 atom stereocenters. The van der Waals surface area contributed by atoms with Gasteiger partial charge in [0, 0.05) is 12.6 Å². The number of hydrogen-bond donors (Lipinski definition) is 1. The van der Waals surface area contributed by atoms with Crippen molar-refractivity contribution in [2.75, 3.05) is 13.1 Å². The van der Waals surface area contributed by atoms with Crippen molar-refractivity contribution >= 4 is 17.8 Å². The number of hydrogen-bond acceptors (Lipinski definition) is 3. The van der Waals surface area contributed by atoms with E-state index >= 15 is 0 Å². The summed E-state index contributed by atoms with van der Waals surface area (Å²) in [5, 5.41) is 2.91. The average molecular weight is 335 g/mol. The molecule has 2 heterocycles. The molecule has 3 rings (SSSR count). The standard InChI is InChI=1S/C18H29N3O3/c1-2-14-9-5-8-12-20(14)15(22)13-21-16(23)18(19-17(21)24)10-6-3-4-7-11-18/h14H,2-13H2,1H3,(H,19,24). The van der Waals surface area contributed by atoms with Gasteiger partial charge in [0.2, 0.25) is 5.91 Å². The lowest BCUT2D eigenvalue weighted by atomic mass is 9.90. The molecule has 3 aliphatic rings. The first-order chi connectivity index (χ1) is 11.6. The molecule has 6 nitrogen and oxygen atoms in total. The molecule has 1 N–H and O–H groups in total. The van der Waals surface area contributed by atoms with Gasteiger partial charge in [0.1, 0.15) is 12.1 Å². The van der Waals surface area contributed by atoms with Crippen molar-refractivity contribution in [1.29, 1.82) is 0 Å². The van der Waals surface area contributed by atoms with Crippen molar-refractivity contribution in [3.63, 3.8) is 0 Å². The van der Waals surface area contributed by atoms with Gasteiger partial charge >= 0.3 is 6.03 Å². The molecule has 2 saturated heterocycles. The van der Waals surface area contributed by atoms with Gasteiger partial charge in [-0.1, -0.05) is 32.6 Å². The van der Waals surface area contributed by atoms with Crippen molar-refractivity contribution in [2.24, 2.45) is 0 Å². The Morgan fingerprint density at radius 2 is 1.83 bits per heavy atom. The first-order valence-corrected chi connectivity index (χ1v) is 9.51. The van der Waals surface area contributed by atoms with Crippen molar-refractivity contribution in [2.45, 2.75) is 82.7 Å². The van der Waals surface area contributed by atoms with E-state index in [0.29, 0.717) is 12.8 Å². The first kappa shape index (κ1) is 17.2. The quantitative estimate of drug-likeness (QED) is 0.805. The number of amides is 4. The minimum atomic E-state index is -0.750. The van der Waals surface area contributed by atoms with Crippen LogP contribution >= 0.6 is 0 Å². The third-order valence-electron chi connectivity index (χ3n) is 5.92. The molecular weight excluding hydrogens is 306 g/mol. The van der Waals surface area contributed by atoms with Gasteiger partial charge in [0.05, 0.1) is 0 Å². The minimum absolute atomic E-state index is 0.0873. The van der Waals surface area contributed by atoms with E-state index in [1.807, 2.05) is 4.90 Å². The molecular formula is C18H29N3O3. The summed E-state index contributed by atoms with van der Waals surface area (Å²) in [4.78, 5) is 41.0. The zero-order chi connectivity index (χ0) is 17.2. The van der Waals surface area contributed by atoms with E-state index in [-0.39, 0.29) is 30.4 Å². The molecule has 6 heteroatoms. The summed E-state index contributed by atoms with van der Waals surface area (Å²) in [7, 11) is 0. The van der Waals surface area contributed by atoms with Gasteiger partial charge in [-0.25, -0.2) is 4.79 Å². The summed E-state index contributed by atoms with van der Waals surface area (Å²) < 4.78 is 0. The highest BCUT2D eigenvalue weighted by Gasteiger charge is 2.51. The number of carbonyl (C=O) groups is 3. The first-order valence-electron chi connectivity index (χ1n) is 9.51. The van der Waals surface area contributed by atoms with Gasteiger partial charge < -0.3 is 10.2 Å². The maximum atomic E-state index is 12.9. The van der Waals surface area contributed by atoms with Gasteiger partial charge in [-0.15, -0.1) is 0 Å². The number of urea groups is 1. The third-order valence-corrected chi connectivity index (χ3v) is 5.92. The average Bonchev–Trinajstić information content (AvgIpc) is 2.77. The van der Waals surface area contributed by atoms with Crippen molar-refractivity contribution < 1.29 is 14.4 Å². The van der Waals surface area contributed by atoms with Crippen molar-refractivity contribution in [1.82, 2.24) is 15.1 Å². The molecule has 3 fully saturated rings. The molecule has 0 aromatic heterocycles. The highest BCUT2D eigenvalue weighted by Crippen LogP contribution is 2.32. The molecule has 0 aromatic rings. The molecule has 1 saturated carbocycles. The maximum absolute atomic E-state index is 12.9. The molecule has 0 bridgehead atoms. The lowest BCUT2D eigenvalue weighted by molar-refractivity contribution is -0.141. The minimum Gasteiger partial charge on any atom is -0.338 e. The summed E-state index contributed by atoms with van der Waals surface area (Å²) in [5.74, 6) is -0.275. The fourth-order valence-electron chi connectivity index (χ4n) is 4.47. The number of likely N-dealkylation sites (tertiary alicyclic amines) is 1. The SMILES string of the molecule is CCC1CCCCN1C(=O)CN1C(=O)NC2(CCCCCC2)C1=O. The Labute approximate surface area is 143 Å². The smallest absolute Gasteiger partial charge is 0.325 e. The Hall–Kier alpha value is -1.59. The van der Waals surface area contributed by atoms with Crippen LogP contribution in [0.3, 0.4) is 0 Å². The van der Waals surface area contributed by atoms with E-state index in [1.54, 1.807) is 0 Å². The Morgan fingerprint density at radius 3 is 2.50 bits per heavy atom. The molecule has 4 amide bonds. The number of rotatable bonds is 3. The van der Waals surface area contributed by atoms with E-state index in [9.17, 15) is 14.4 Å². The van der Waals surface area contributed by atoms with Crippen molar-refractivity contribution in [3.05, 3.63) is 0 Å². The summed E-state index contributed by atoms with van der Waals surface area (Å²) in [5.41, 5.74) is -0.750. The third kappa shape index (κ3) is 3.15. The normalized spacial score (nSPS) is 27.3. The summed E-state index contributed by atoms with van der Waals surface area (Å²) in [6.07, 6.45) is 9.62. The molecule has 1 unspecified atom stereocenters. The maximum Gasteiger partial charge on any atom is 0.325 e. The lowest BCUT2D eigenvalue weighted by Gasteiger charge is -2.36. The van der Waals surface area contributed by atoms with Crippen LogP contribution in [0.4, 0.5) is 4.79 Å². The number of imide groups is 1. The second kappa shape index (κ2) is 7.11. The molecule has 24 heavy (non-hydrogen) atoms. The summed E-state index contributed by atoms with van der Waals surface area (Å²) in [6, 6.07) is -0.140. The van der Waals surface area contributed by atoms with Gasteiger partial charge in [0.25, 0.3) is 5.91 Å².